The average Bonchev–Trinajstić information content (AvgIpc) is 2.75. The third-order valence-corrected chi connectivity index (χ3v) is 3.03. The van der Waals surface area contributed by atoms with Crippen LogP contribution in [0.1, 0.15) is 12.5 Å². The van der Waals surface area contributed by atoms with Crippen LogP contribution in [0.2, 0.25) is 0 Å². The van der Waals surface area contributed by atoms with E-state index in [2.05, 4.69) is 5.32 Å². The van der Waals surface area contributed by atoms with Gasteiger partial charge in [-0.05, 0) is 18.1 Å². The predicted octanol–water partition coefficient (Wildman–Crippen LogP) is 0.869. The summed E-state index contributed by atoms with van der Waals surface area (Å²) in [5.41, 5.74) is 0.840. The second kappa shape index (κ2) is 5.32. The van der Waals surface area contributed by atoms with Gasteiger partial charge in [0, 0.05) is 19.2 Å². The molecule has 2 N–H and O–H groups in total. The molecule has 2 unspecified atom stereocenters. The summed E-state index contributed by atoms with van der Waals surface area (Å²) in [6, 6.07) is 4.92. The molecule has 0 bridgehead atoms. The van der Waals surface area contributed by atoms with Crippen molar-refractivity contribution in [3.8, 4) is 5.75 Å². The summed E-state index contributed by atoms with van der Waals surface area (Å²) in [5, 5.41) is 23.6. The first-order valence-electron chi connectivity index (χ1n) is 5.94. The summed E-state index contributed by atoms with van der Waals surface area (Å²) >= 11 is 0. The number of rotatable bonds is 4. The first-order valence-corrected chi connectivity index (χ1v) is 5.94. The molecular formula is C12H16N2O4. The van der Waals surface area contributed by atoms with Crippen LogP contribution >= 0.6 is 0 Å². The fourth-order valence-corrected chi connectivity index (χ4v) is 1.95. The van der Waals surface area contributed by atoms with Gasteiger partial charge >= 0.3 is 5.69 Å². The molecule has 1 aromatic rings. The molecule has 1 aromatic carbocycles. The van der Waals surface area contributed by atoms with Crippen molar-refractivity contribution in [2.24, 2.45) is 0 Å². The van der Waals surface area contributed by atoms with E-state index in [1.54, 1.807) is 12.1 Å². The highest BCUT2D eigenvalue weighted by Crippen LogP contribution is 2.29. The summed E-state index contributed by atoms with van der Waals surface area (Å²) in [4.78, 5) is 10.5. The Bertz CT molecular complexity index is 450. The van der Waals surface area contributed by atoms with E-state index in [1.807, 2.05) is 6.92 Å². The van der Waals surface area contributed by atoms with Crippen molar-refractivity contribution in [1.29, 1.82) is 0 Å². The van der Waals surface area contributed by atoms with Gasteiger partial charge in [0.05, 0.1) is 4.92 Å². The lowest BCUT2D eigenvalue weighted by Gasteiger charge is -2.16. The number of nitro groups is 1. The predicted molar refractivity (Wildman–Crippen MR) is 65.8 cm³/mol. The first kappa shape index (κ1) is 12.8. The SMILES string of the molecule is CCc1ccc(OC2CNCC2O)c([N+](=O)[O-])c1. The minimum atomic E-state index is -0.629. The normalized spacial score (nSPS) is 23.0. The van der Waals surface area contributed by atoms with Crippen LogP contribution in [0.15, 0.2) is 18.2 Å². The van der Waals surface area contributed by atoms with E-state index in [1.165, 1.54) is 6.07 Å². The number of β-amino-alcohol motifs (C(OH)–C–C–N with tert-alkyl or cyclic N) is 1. The molecule has 0 aliphatic carbocycles. The van der Waals surface area contributed by atoms with Crippen LogP contribution < -0.4 is 10.1 Å². The molecule has 0 spiro atoms. The van der Waals surface area contributed by atoms with Crippen molar-refractivity contribution in [3.63, 3.8) is 0 Å². The monoisotopic (exact) mass is 252 g/mol. The van der Waals surface area contributed by atoms with Gasteiger partial charge in [-0.1, -0.05) is 13.0 Å². The van der Waals surface area contributed by atoms with E-state index in [4.69, 9.17) is 4.74 Å². The molecule has 0 radical (unpaired) electrons. The van der Waals surface area contributed by atoms with Crippen LogP contribution in [0, 0.1) is 10.1 Å². The minimum Gasteiger partial charge on any atom is -0.479 e. The summed E-state index contributed by atoms with van der Waals surface area (Å²) < 4.78 is 5.53. The molecule has 0 saturated carbocycles. The Hall–Kier alpha value is -1.66. The standard InChI is InChI=1S/C12H16N2O4/c1-2-8-3-4-11(9(5-8)14(16)17)18-12-7-13-6-10(12)15/h3-5,10,12-13,15H,2,6-7H2,1H3. The number of benzene rings is 1. The number of hydrogen-bond acceptors (Lipinski definition) is 5. The summed E-state index contributed by atoms with van der Waals surface area (Å²) in [6.07, 6.45) is -0.332. The van der Waals surface area contributed by atoms with E-state index in [0.717, 1.165) is 12.0 Å². The van der Waals surface area contributed by atoms with Crippen LogP contribution in [0.5, 0.6) is 5.75 Å². The lowest BCUT2D eigenvalue weighted by Crippen LogP contribution is -2.30. The zero-order chi connectivity index (χ0) is 13.1. The Morgan fingerprint density at radius 2 is 2.33 bits per heavy atom. The number of nitrogens with zero attached hydrogens (tertiary/aromatic N) is 1. The van der Waals surface area contributed by atoms with Gasteiger partial charge in [-0.2, -0.15) is 0 Å². The van der Waals surface area contributed by atoms with E-state index < -0.39 is 17.1 Å². The number of nitrogens with one attached hydrogen (secondary N) is 1. The minimum absolute atomic E-state index is 0.0477. The van der Waals surface area contributed by atoms with Gasteiger partial charge in [0.25, 0.3) is 0 Å². The molecule has 98 valence electrons. The molecule has 0 amide bonds. The molecule has 1 saturated heterocycles. The zero-order valence-corrected chi connectivity index (χ0v) is 10.1. The molecule has 18 heavy (non-hydrogen) atoms. The van der Waals surface area contributed by atoms with Crippen molar-refractivity contribution >= 4 is 5.69 Å². The number of aliphatic hydroxyl groups is 1. The molecule has 1 heterocycles. The van der Waals surface area contributed by atoms with Crippen LogP contribution in [0.25, 0.3) is 0 Å². The topological polar surface area (TPSA) is 84.6 Å². The maximum Gasteiger partial charge on any atom is 0.311 e. The summed E-state index contributed by atoms with van der Waals surface area (Å²) in [6.45, 7) is 2.88. The molecule has 1 fully saturated rings. The zero-order valence-electron chi connectivity index (χ0n) is 10.1. The van der Waals surface area contributed by atoms with E-state index in [9.17, 15) is 15.2 Å². The lowest BCUT2D eigenvalue weighted by atomic mass is 10.1. The van der Waals surface area contributed by atoms with Gasteiger partial charge in [0.15, 0.2) is 5.75 Å². The smallest absolute Gasteiger partial charge is 0.311 e. The first-order chi connectivity index (χ1) is 8.61. The summed E-state index contributed by atoms with van der Waals surface area (Å²) in [7, 11) is 0. The Balaban J connectivity index is 2.23. The number of aliphatic hydroxyl groups excluding tert-OH is 1. The highest BCUT2D eigenvalue weighted by atomic mass is 16.6. The summed E-state index contributed by atoms with van der Waals surface area (Å²) in [5.74, 6) is 0.213. The lowest BCUT2D eigenvalue weighted by molar-refractivity contribution is -0.386. The Morgan fingerprint density at radius 1 is 1.56 bits per heavy atom. The van der Waals surface area contributed by atoms with Crippen molar-refractivity contribution in [2.75, 3.05) is 13.1 Å². The van der Waals surface area contributed by atoms with Crippen LogP contribution in [0.3, 0.4) is 0 Å². The number of aryl methyl sites for hydroxylation is 1. The largest absolute Gasteiger partial charge is 0.479 e. The fraction of sp³-hybridized carbons (Fsp3) is 0.500. The maximum atomic E-state index is 11.0. The second-order valence-corrected chi connectivity index (χ2v) is 4.29. The number of ether oxygens (including phenoxy) is 1. The van der Waals surface area contributed by atoms with Gasteiger partial charge < -0.3 is 15.2 Å². The number of hydrogen-bond donors (Lipinski definition) is 2. The van der Waals surface area contributed by atoms with Crippen LogP contribution in [-0.2, 0) is 6.42 Å². The van der Waals surface area contributed by atoms with E-state index in [0.29, 0.717) is 13.1 Å². The quantitative estimate of drug-likeness (QED) is 0.613. The van der Waals surface area contributed by atoms with Crippen molar-refractivity contribution in [3.05, 3.63) is 33.9 Å². The average molecular weight is 252 g/mol. The molecule has 6 nitrogen and oxygen atoms in total. The second-order valence-electron chi connectivity index (χ2n) is 4.29. The molecule has 1 aliphatic heterocycles. The van der Waals surface area contributed by atoms with E-state index in [-0.39, 0.29) is 11.4 Å². The van der Waals surface area contributed by atoms with Gasteiger partial charge in [-0.3, -0.25) is 10.1 Å². The van der Waals surface area contributed by atoms with Crippen molar-refractivity contribution < 1.29 is 14.8 Å². The van der Waals surface area contributed by atoms with Gasteiger partial charge in [0.2, 0.25) is 0 Å². The fourth-order valence-electron chi connectivity index (χ4n) is 1.95. The van der Waals surface area contributed by atoms with Crippen molar-refractivity contribution in [1.82, 2.24) is 5.32 Å². The van der Waals surface area contributed by atoms with E-state index >= 15 is 0 Å². The Kier molecular flexibility index (Phi) is 3.78. The maximum absolute atomic E-state index is 11.0. The third-order valence-electron chi connectivity index (χ3n) is 3.03. The molecule has 2 rings (SSSR count). The molecule has 6 heteroatoms. The number of nitro benzene ring substituents is 1. The van der Waals surface area contributed by atoms with Crippen molar-refractivity contribution in [2.45, 2.75) is 25.6 Å². The van der Waals surface area contributed by atoms with Gasteiger partial charge in [0.1, 0.15) is 12.2 Å². The highest BCUT2D eigenvalue weighted by Gasteiger charge is 2.29. The Morgan fingerprint density at radius 3 is 2.89 bits per heavy atom. The highest BCUT2D eigenvalue weighted by molar-refractivity contribution is 5.48. The Labute approximate surface area is 105 Å². The van der Waals surface area contributed by atoms with Gasteiger partial charge in [-0.15, -0.1) is 0 Å². The molecule has 0 aromatic heterocycles. The van der Waals surface area contributed by atoms with Gasteiger partial charge in [-0.25, -0.2) is 0 Å². The third kappa shape index (κ3) is 2.60. The van der Waals surface area contributed by atoms with Crippen LogP contribution in [0.4, 0.5) is 5.69 Å². The molecule has 1 aliphatic rings. The van der Waals surface area contributed by atoms with Crippen LogP contribution in [-0.4, -0.2) is 35.3 Å². The molecular weight excluding hydrogens is 236 g/mol. The molecule has 2 atom stereocenters.